The van der Waals surface area contributed by atoms with Crippen LogP contribution < -0.4 is 0 Å². The van der Waals surface area contributed by atoms with Crippen LogP contribution in [0.1, 0.15) is 63.5 Å². The lowest BCUT2D eigenvalue weighted by Gasteiger charge is -2.27. The fourth-order valence-corrected chi connectivity index (χ4v) is 2.49. The Morgan fingerprint density at radius 2 is 2.00 bits per heavy atom. The summed E-state index contributed by atoms with van der Waals surface area (Å²) in [7, 11) is 0. The molecule has 0 N–H and O–H groups in total. The van der Waals surface area contributed by atoms with Crippen LogP contribution in [0.3, 0.4) is 0 Å². The maximum Gasteiger partial charge on any atom is 0.254 e. The van der Waals surface area contributed by atoms with E-state index in [9.17, 15) is 4.79 Å². The van der Waals surface area contributed by atoms with Gasteiger partial charge in [-0.25, -0.2) is 4.98 Å². The largest absolute Gasteiger partial charge is 0.336 e. The average Bonchev–Trinajstić information content (AvgIpc) is 3.17. The molecule has 0 aromatic carbocycles. The lowest BCUT2D eigenvalue weighted by Crippen LogP contribution is -2.38. The molecule has 21 heavy (non-hydrogen) atoms. The van der Waals surface area contributed by atoms with E-state index in [2.05, 4.69) is 39.6 Å². The van der Waals surface area contributed by atoms with E-state index in [0.717, 1.165) is 12.2 Å². The summed E-state index contributed by atoms with van der Waals surface area (Å²) in [5, 5.41) is 0.390. The van der Waals surface area contributed by atoms with Gasteiger partial charge in [-0.15, -0.1) is 0 Å². The van der Waals surface area contributed by atoms with Gasteiger partial charge in [0.1, 0.15) is 5.15 Å². The van der Waals surface area contributed by atoms with Crippen molar-refractivity contribution in [1.82, 2.24) is 9.88 Å². The monoisotopic (exact) mass is 308 g/mol. The van der Waals surface area contributed by atoms with Gasteiger partial charge in [0, 0.05) is 29.3 Å². The topological polar surface area (TPSA) is 33.2 Å². The molecule has 1 aromatic rings. The Labute approximate surface area is 132 Å². The summed E-state index contributed by atoms with van der Waals surface area (Å²) in [5.41, 5.74) is 1.38. The van der Waals surface area contributed by atoms with Crippen LogP contribution in [0.15, 0.2) is 12.1 Å². The number of hydrogen-bond donors (Lipinski definition) is 0. The molecule has 2 rings (SSSR count). The van der Waals surface area contributed by atoms with E-state index < -0.39 is 0 Å². The second-order valence-electron chi connectivity index (χ2n) is 7.31. The molecular formula is C17H25ClN2O. The molecule has 1 aliphatic rings. The van der Waals surface area contributed by atoms with Crippen LogP contribution in [0.5, 0.6) is 0 Å². The zero-order chi connectivity index (χ0) is 15.8. The van der Waals surface area contributed by atoms with E-state index in [4.69, 9.17) is 11.6 Å². The molecule has 1 amide bonds. The van der Waals surface area contributed by atoms with Crippen LogP contribution in [0.2, 0.25) is 5.15 Å². The number of carbonyl (C=O) groups is 1. The number of hydrogen-bond acceptors (Lipinski definition) is 2. The molecule has 1 heterocycles. The molecule has 0 radical (unpaired) electrons. The lowest BCUT2D eigenvalue weighted by atomic mass is 9.90. The molecule has 1 fully saturated rings. The number of carbonyl (C=O) groups excluding carboxylic acids is 1. The fourth-order valence-electron chi connectivity index (χ4n) is 2.28. The standard InChI is InChI=1S/C17H25ClN2O/c1-11(2)20(10-12-6-7-12)16(21)13-8-14(17(3,4)5)19-15(18)9-13/h8-9,11-12H,6-7,10H2,1-5H3. The van der Waals surface area contributed by atoms with E-state index in [0.29, 0.717) is 16.6 Å². The van der Waals surface area contributed by atoms with Gasteiger partial charge in [0.2, 0.25) is 0 Å². The van der Waals surface area contributed by atoms with Gasteiger partial charge in [0.05, 0.1) is 0 Å². The second-order valence-corrected chi connectivity index (χ2v) is 7.70. The molecule has 0 spiro atoms. The molecule has 0 unspecified atom stereocenters. The molecule has 0 bridgehead atoms. The zero-order valence-electron chi connectivity index (χ0n) is 13.6. The minimum Gasteiger partial charge on any atom is -0.336 e. The summed E-state index contributed by atoms with van der Waals surface area (Å²) in [6, 6.07) is 3.76. The van der Waals surface area contributed by atoms with Crippen molar-refractivity contribution in [2.75, 3.05) is 6.54 Å². The Bertz CT molecular complexity index is 530. The quantitative estimate of drug-likeness (QED) is 0.777. The number of amides is 1. The first kappa shape index (κ1) is 16.3. The van der Waals surface area contributed by atoms with Gasteiger partial charge in [0.25, 0.3) is 5.91 Å². The summed E-state index contributed by atoms with van der Waals surface area (Å²) >= 11 is 6.12. The van der Waals surface area contributed by atoms with Gasteiger partial charge in [0.15, 0.2) is 0 Å². The Kier molecular flexibility index (Phi) is 4.62. The van der Waals surface area contributed by atoms with Crippen molar-refractivity contribution in [3.63, 3.8) is 0 Å². The molecule has 0 atom stereocenters. The molecular weight excluding hydrogens is 284 g/mol. The molecule has 0 saturated heterocycles. The molecule has 0 aliphatic heterocycles. The molecule has 3 nitrogen and oxygen atoms in total. The third kappa shape index (κ3) is 4.19. The Morgan fingerprint density at radius 1 is 1.38 bits per heavy atom. The Hall–Kier alpha value is -1.09. The summed E-state index contributed by atoms with van der Waals surface area (Å²) in [5.74, 6) is 0.738. The van der Waals surface area contributed by atoms with Gasteiger partial charge < -0.3 is 4.90 Å². The highest BCUT2D eigenvalue weighted by atomic mass is 35.5. The van der Waals surface area contributed by atoms with Crippen molar-refractivity contribution in [3.8, 4) is 0 Å². The molecule has 4 heteroatoms. The van der Waals surface area contributed by atoms with Gasteiger partial charge in [-0.05, 0) is 44.7 Å². The van der Waals surface area contributed by atoms with Crippen molar-refractivity contribution in [2.24, 2.45) is 5.92 Å². The van der Waals surface area contributed by atoms with Crippen LogP contribution in [0, 0.1) is 5.92 Å². The predicted octanol–water partition coefficient (Wildman–Crippen LogP) is 4.29. The molecule has 1 aliphatic carbocycles. The minimum atomic E-state index is -0.126. The number of nitrogens with zero attached hydrogens (tertiary/aromatic N) is 2. The van der Waals surface area contributed by atoms with E-state index in [1.165, 1.54) is 12.8 Å². The van der Waals surface area contributed by atoms with Crippen LogP contribution in [-0.2, 0) is 5.41 Å². The lowest BCUT2D eigenvalue weighted by molar-refractivity contribution is 0.0696. The first-order valence-corrected chi connectivity index (χ1v) is 8.05. The Morgan fingerprint density at radius 3 is 2.48 bits per heavy atom. The maximum absolute atomic E-state index is 12.8. The van der Waals surface area contributed by atoms with Gasteiger partial charge >= 0.3 is 0 Å². The summed E-state index contributed by atoms with van der Waals surface area (Å²) in [6.45, 7) is 11.2. The van der Waals surface area contributed by atoms with Crippen molar-refractivity contribution >= 4 is 17.5 Å². The van der Waals surface area contributed by atoms with Crippen LogP contribution in [0.4, 0.5) is 0 Å². The highest BCUT2D eigenvalue weighted by molar-refractivity contribution is 6.29. The predicted molar refractivity (Wildman–Crippen MR) is 86.8 cm³/mol. The van der Waals surface area contributed by atoms with Gasteiger partial charge in [-0.3, -0.25) is 4.79 Å². The SMILES string of the molecule is CC(C)N(CC1CC1)C(=O)c1cc(Cl)nc(C(C)(C)C)c1. The smallest absolute Gasteiger partial charge is 0.254 e. The van der Waals surface area contributed by atoms with E-state index in [1.807, 2.05) is 11.0 Å². The first-order valence-electron chi connectivity index (χ1n) is 7.67. The normalized spacial score (nSPS) is 15.4. The molecule has 1 aromatic heterocycles. The van der Waals surface area contributed by atoms with E-state index in [1.54, 1.807) is 6.07 Å². The van der Waals surface area contributed by atoms with Crippen LogP contribution in [-0.4, -0.2) is 28.4 Å². The number of aromatic nitrogens is 1. The molecule has 1 saturated carbocycles. The van der Waals surface area contributed by atoms with Crippen molar-refractivity contribution in [3.05, 3.63) is 28.5 Å². The highest BCUT2D eigenvalue weighted by Gasteiger charge is 2.29. The van der Waals surface area contributed by atoms with E-state index >= 15 is 0 Å². The zero-order valence-corrected chi connectivity index (χ0v) is 14.4. The number of rotatable bonds is 4. The first-order chi connectivity index (χ1) is 9.68. The third-order valence-electron chi connectivity index (χ3n) is 3.85. The minimum absolute atomic E-state index is 0.0618. The van der Waals surface area contributed by atoms with Gasteiger partial charge in [-0.1, -0.05) is 32.4 Å². The van der Waals surface area contributed by atoms with Crippen LogP contribution >= 0.6 is 11.6 Å². The fraction of sp³-hybridized carbons (Fsp3) is 0.647. The maximum atomic E-state index is 12.8. The summed E-state index contributed by atoms with van der Waals surface area (Å²) in [4.78, 5) is 19.1. The summed E-state index contributed by atoms with van der Waals surface area (Å²) in [6.07, 6.45) is 2.47. The summed E-state index contributed by atoms with van der Waals surface area (Å²) < 4.78 is 0. The van der Waals surface area contributed by atoms with Gasteiger partial charge in [-0.2, -0.15) is 0 Å². The average molecular weight is 309 g/mol. The van der Waals surface area contributed by atoms with Crippen LogP contribution in [0.25, 0.3) is 0 Å². The van der Waals surface area contributed by atoms with E-state index in [-0.39, 0.29) is 17.4 Å². The van der Waals surface area contributed by atoms with Crippen molar-refractivity contribution in [1.29, 1.82) is 0 Å². The third-order valence-corrected chi connectivity index (χ3v) is 4.04. The van der Waals surface area contributed by atoms with Crippen molar-refractivity contribution in [2.45, 2.75) is 58.9 Å². The van der Waals surface area contributed by atoms with Crippen molar-refractivity contribution < 1.29 is 4.79 Å². The second kappa shape index (κ2) is 5.96. The number of halogens is 1. The molecule has 116 valence electrons. The Balaban J connectivity index is 2.30. The number of pyridine rings is 1. The highest BCUT2D eigenvalue weighted by Crippen LogP contribution is 2.31.